The van der Waals surface area contributed by atoms with E-state index in [0.29, 0.717) is 11.8 Å². The Hall–Kier alpha value is -1.77. The quantitative estimate of drug-likeness (QED) is 0.889. The van der Waals surface area contributed by atoms with E-state index in [4.69, 9.17) is 4.42 Å². The fraction of sp³-hybridized carbons (Fsp3) is 0.438. The number of hydrogen-bond acceptors (Lipinski definition) is 2. The van der Waals surface area contributed by atoms with Crippen LogP contribution in [0.2, 0.25) is 0 Å². The second-order valence-corrected chi connectivity index (χ2v) is 5.41. The van der Waals surface area contributed by atoms with Crippen LogP contribution in [0.25, 0.3) is 11.0 Å². The van der Waals surface area contributed by atoms with Crippen molar-refractivity contribution in [2.45, 2.75) is 45.1 Å². The Morgan fingerprint density at radius 1 is 1.26 bits per heavy atom. The minimum atomic E-state index is -0.0810. The van der Waals surface area contributed by atoms with Crippen LogP contribution in [0.15, 0.2) is 28.7 Å². The standard InChI is InChI=1S/C16H19NO2/c1-11-6-5-7-12-10-14(19-15(11)12)16(18)17-13-8-3-2-4-9-13/h5-7,10,13H,2-4,8-9H2,1H3,(H,17,18). The van der Waals surface area contributed by atoms with Crippen molar-refractivity contribution in [1.29, 1.82) is 0 Å². The second-order valence-electron chi connectivity index (χ2n) is 5.41. The molecule has 0 saturated heterocycles. The molecule has 2 aromatic rings. The van der Waals surface area contributed by atoms with E-state index in [1.54, 1.807) is 0 Å². The Morgan fingerprint density at radius 3 is 2.79 bits per heavy atom. The van der Waals surface area contributed by atoms with Crippen molar-refractivity contribution in [3.63, 3.8) is 0 Å². The number of fused-ring (bicyclic) bond motifs is 1. The van der Waals surface area contributed by atoms with Crippen LogP contribution >= 0.6 is 0 Å². The molecule has 1 aliphatic carbocycles. The summed E-state index contributed by atoms with van der Waals surface area (Å²) in [4.78, 5) is 12.2. The lowest BCUT2D eigenvalue weighted by atomic mass is 9.95. The van der Waals surface area contributed by atoms with Crippen LogP contribution in [0, 0.1) is 6.92 Å². The number of hydrogen-bond donors (Lipinski definition) is 1. The Bertz CT molecular complexity index is 594. The molecule has 1 amide bonds. The van der Waals surface area contributed by atoms with Crippen molar-refractivity contribution in [1.82, 2.24) is 5.32 Å². The number of furan rings is 1. The molecule has 0 spiro atoms. The lowest BCUT2D eigenvalue weighted by Crippen LogP contribution is -2.35. The van der Waals surface area contributed by atoms with Crippen molar-refractivity contribution in [3.8, 4) is 0 Å². The highest BCUT2D eigenvalue weighted by Gasteiger charge is 2.19. The van der Waals surface area contributed by atoms with Crippen molar-refractivity contribution in [2.75, 3.05) is 0 Å². The van der Waals surface area contributed by atoms with Gasteiger partial charge in [0.1, 0.15) is 5.58 Å². The van der Waals surface area contributed by atoms with Crippen LogP contribution in [0.5, 0.6) is 0 Å². The molecule has 1 aromatic carbocycles. The summed E-state index contributed by atoms with van der Waals surface area (Å²) in [6.45, 7) is 1.99. The summed E-state index contributed by atoms with van der Waals surface area (Å²) in [5.74, 6) is 0.345. The monoisotopic (exact) mass is 257 g/mol. The fourth-order valence-electron chi connectivity index (χ4n) is 2.82. The van der Waals surface area contributed by atoms with Gasteiger partial charge in [0.05, 0.1) is 0 Å². The molecule has 1 aliphatic rings. The highest BCUT2D eigenvalue weighted by molar-refractivity contribution is 5.96. The molecule has 1 saturated carbocycles. The highest BCUT2D eigenvalue weighted by Crippen LogP contribution is 2.23. The van der Waals surface area contributed by atoms with Gasteiger partial charge in [0.15, 0.2) is 5.76 Å². The first-order valence-corrected chi connectivity index (χ1v) is 7.04. The van der Waals surface area contributed by atoms with Gasteiger partial charge in [-0.25, -0.2) is 0 Å². The minimum absolute atomic E-state index is 0.0810. The molecule has 3 nitrogen and oxygen atoms in total. The van der Waals surface area contributed by atoms with Gasteiger partial charge < -0.3 is 9.73 Å². The van der Waals surface area contributed by atoms with E-state index in [2.05, 4.69) is 5.32 Å². The van der Waals surface area contributed by atoms with E-state index in [1.807, 2.05) is 31.2 Å². The summed E-state index contributed by atoms with van der Waals surface area (Å²) in [5.41, 5.74) is 1.88. The summed E-state index contributed by atoms with van der Waals surface area (Å²) in [6.07, 6.45) is 5.89. The van der Waals surface area contributed by atoms with Gasteiger partial charge in [-0.15, -0.1) is 0 Å². The number of carbonyl (C=O) groups is 1. The zero-order valence-electron chi connectivity index (χ0n) is 11.2. The average molecular weight is 257 g/mol. The molecule has 100 valence electrons. The number of amides is 1. The molecule has 0 bridgehead atoms. The third kappa shape index (κ3) is 2.50. The molecule has 1 N–H and O–H groups in total. The zero-order valence-corrected chi connectivity index (χ0v) is 11.2. The molecular formula is C16H19NO2. The third-order valence-electron chi connectivity index (χ3n) is 3.91. The molecule has 0 unspecified atom stereocenters. The number of nitrogens with one attached hydrogen (secondary N) is 1. The smallest absolute Gasteiger partial charge is 0.287 e. The number of benzene rings is 1. The molecule has 1 heterocycles. The molecule has 1 aromatic heterocycles. The lowest BCUT2D eigenvalue weighted by molar-refractivity contribution is 0.0902. The first kappa shape index (κ1) is 12.3. The van der Waals surface area contributed by atoms with Gasteiger partial charge in [0.25, 0.3) is 5.91 Å². The zero-order chi connectivity index (χ0) is 13.2. The van der Waals surface area contributed by atoms with Crippen molar-refractivity contribution in [2.24, 2.45) is 0 Å². The molecule has 0 aliphatic heterocycles. The number of rotatable bonds is 2. The van der Waals surface area contributed by atoms with Gasteiger partial charge >= 0.3 is 0 Å². The fourth-order valence-corrected chi connectivity index (χ4v) is 2.82. The molecule has 1 fully saturated rings. The third-order valence-corrected chi connectivity index (χ3v) is 3.91. The molecule has 19 heavy (non-hydrogen) atoms. The second kappa shape index (κ2) is 5.08. The van der Waals surface area contributed by atoms with Crippen LogP contribution in [0.1, 0.15) is 48.2 Å². The highest BCUT2D eigenvalue weighted by atomic mass is 16.3. The number of para-hydroxylation sites is 1. The first-order valence-electron chi connectivity index (χ1n) is 7.04. The number of aryl methyl sites for hydroxylation is 1. The van der Waals surface area contributed by atoms with E-state index in [0.717, 1.165) is 29.4 Å². The topological polar surface area (TPSA) is 42.2 Å². The predicted molar refractivity (Wildman–Crippen MR) is 75.3 cm³/mol. The molecule has 3 heteroatoms. The van der Waals surface area contributed by atoms with Crippen LogP contribution in [0.4, 0.5) is 0 Å². The predicted octanol–water partition coefficient (Wildman–Crippen LogP) is 3.80. The van der Waals surface area contributed by atoms with Crippen LogP contribution < -0.4 is 5.32 Å². The summed E-state index contributed by atoms with van der Waals surface area (Å²) in [5, 5.41) is 4.08. The van der Waals surface area contributed by atoms with Gasteiger partial charge in [-0.3, -0.25) is 4.79 Å². The van der Waals surface area contributed by atoms with E-state index >= 15 is 0 Å². The maximum absolute atomic E-state index is 12.2. The van der Waals surface area contributed by atoms with Gasteiger partial charge in [-0.1, -0.05) is 37.5 Å². The molecular weight excluding hydrogens is 238 g/mol. The van der Waals surface area contributed by atoms with E-state index in [1.165, 1.54) is 19.3 Å². The Morgan fingerprint density at radius 2 is 2.05 bits per heavy atom. The van der Waals surface area contributed by atoms with Gasteiger partial charge in [0, 0.05) is 11.4 Å². The summed E-state index contributed by atoms with van der Waals surface area (Å²) >= 11 is 0. The van der Waals surface area contributed by atoms with Crippen molar-refractivity contribution < 1.29 is 9.21 Å². The molecule has 3 rings (SSSR count). The largest absolute Gasteiger partial charge is 0.451 e. The lowest BCUT2D eigenvalue weighted by Gasteiger charge is -2.22. The van der Waals surface area contributed by atoms with E-state index in [9.17, 15) is 4.79 Å². The SMILES string of the molecule is Cc1cccc2cc(C(=O)NC3CCCCC3)oc12. The van der Waals surface area contributed by atoms with E-state index in [-0.39, 0.29) is 5.91 Å². The Balaban J connectivity index is 1.79. The maximum Gasteiger partial charge on any atom is 0.287 e. The summed E-state index contributed by atoms with van der Waals surface area (Å²) in [6, 6.07) is 8.10. The van der Waals surface area contributed by atoms with Gasteiger partial charge in [0.2, 0.25) is 0 Å². The van der Waals surface area contributed by atoms with Crippen molar-refractivity contribution in [3.05, 3.63) is 35.6 Å². The van der Waals surface area contributed by atoms with E-state index < -0.39 is 0 Å². The summed E-state index contributed by atoms with van der Waals surface area (Å²) < 4.78 is 5.69. The molecule has 0 atom stereocenters. The van der Waals surface area contributed by atoms with Gasteiger partial charge in [-0.05, 0) is 31.4 Å². The normalized spacial score (nSPS) is 16.7. The van der Waals surface area contributed by atoms with Crippen LogP contribution in [-0.2, 0) is 0 Å². The van der Waals surface area contributed by atoms with Crippen LogP contribution in [0.3, 0.4) is 0 Å². The Kier molecular flexibility index (Phi) is 3.28. The Labute approximate surface area is 113 Å². The average Bonchev–Trinajstić information content (AvgIpc) is 2.85. The van der Waals surface area contributed by atoms with Gasteiger partial charge in [-0.2, -0.15) is 0 Å². The minimum Gasteiger partial charge on any atom is -0.451 e. The number of carbonyl (C=O) groups excluding carboxylic acids is 1. The maximum atomic E-state index is 12.2. The molecule has 0 radical (unpaired) electrons. The van der Waals surface area contributed by atoms with Crippen molar-refractivity contribution >= 4 is 16.9 Å². The first-order chi connectivity index (χ1) is 9.24. The van der Waals surface area contributed by atoms with Crippen LogP contribution in [-0.4, -0.2) is 11.9 Å². The summed E-state index contributed by atoms with van der Waals surface area (Å²) in [7, 11) is 0.